The van der Waals surface area contributed by atoms with Crippen molar-refractivity contribution >= 4 is 44.9 Å². The Morgan fingerprint density at radius 1 is 1.19 bits per heavy atom. The molecule has 6 heteroatoms. The third-order valence-electron chi connectivity index (χ3n) is 3.88. The van der Waals surface area contributed by atoms with Crippen molar-refractivity contribution in [3.63, 3.8) is 0 Å². The Kier molecular flexibility index (Phi) is 4.45. The molecule has 1 aliphatic carbocycles. The minimum Gasteiger partial charge on any atom is -0.345 e. The van der Waals surface area contributed by atoms with Crippen LogP contribution in [-0.2, 0) is 4.79 Å². The fraction of sp³-hybridized carbons (Fsp3) is 0.467. The van der Waals surface area contributed by atoms with E-state index in [1.165, 1.54) is 0 Å². The highest BCUT2D eigenvalue weighted by Crippen LogP contribution is 2.31. The van der Waals surface area contributed by atoms with Gasteiger partial charge in [0.2, 0.25) is 5.91 Å². The Morgan fingerprint density at radius 3 is 2.48 bits per heavy atom. The van der Waals surface area contributed by atoms with Crippen molar-refractivity contribution < 1.29 is 4.79 Å². The van der Waals surface area contributed by atoms with Crippen molar-refractivity contribution in [2.75, 3.05) is 31.5 Å². The Balaban J connectivity index is 1.51. The zero-order chi connectivity index (χ0) is 14.8. The number of halogens is 1. The number of hydrogen-bond acceptors (Lipinski definition) is 2. The van der Waals surface area contributed by atoms with Crippen LogP contribution in [0.2, 0.25) is 0 Å². The Bertz CT molecular complexity index is 554. The molecule has 0 aromatic heterocycles. The SMILES string of the molecule is O=C(C1CC1)N1CCN(C(=S)Nc2cccc(Br)c2)CC1. The number of thiocarbonyl (C=S) groups is 1. The normalized spacial score (nSPS) is 18.5. The number of piperazine rings is 1. The van der Waals surface area contributed by atoms with E-state index in [2.05, 4.69) is 26.1 Å². The van der Waals surface area contributed by atoms with Gasteiger partial charge >= 0.3 is 0 Å². The molecule has 3 rings (SSSR count). The van der Waals surface area contributed by atoms with Gasteiger partial charge in [0.05, 0.1) is 0 Å². The largest absolute Gasteiger partial charge is 0.345 e. The van der Waals surface area contributed by atoms with Crippen molar-refractivity contribution in [3.8, 4) is 0 Å². The number of carbonyl (C=O) groups is 1. The van der Waals surface area contributed by atoms with Crippen LogP contribution in [0, 0.1) is 5.92 Å². The molecule has 1 saturated carbocycles. The summed E-state index contributed by atoms with van der Waals surface area (Å²) in [7, 11) is 0. The monoisotopic (exact) mass is 367 g/mol. The summed E-state index contributed by atoms with van der Waals surface area (Å²) in [6, 6.07) is 7.95. The first-order valence-corrected chi connectivity index (χ1v) is 8.44. The lowest BCUT2D eigenvalue weighted by Crippen LogP contribution is -2.52. The first-order valence-electron chi connectivity index (χ1n) is 7.24. The summed E-state index contributed by atoms with van der Waals surface area (Å²) in [5.41, 5.74) is 0.978. The van der Waals surface area contributed by atoms with E-state index in [-0.39, 0.29) is 0 Å². The van der Waals surface area contributed by atoms with E-state index in [0.29, 0.717) is 11.8 Å². The van der Waals surface area contributed by atoms with Crippen LogP contribution >= 0.6 is 28.1 Å². The van der Waals surface area contributed by atoms with Crippen LogP contribution in [-0.4, -0.2) is 47.0 Å². The third kappa shape index (κ3) is 3.74. The summed E-state index contributed by atoms with van der Waals surface area (Å²) in [6.07, 6.45) is 2.14. The molecule has 4 nitrogen and oxygen atoms in total. The number of nitrogens with zero attached hydrogens (tertiary/aromatic N) is 2. The van der Waals surface area contributed by atoms with Crippen LogP contribution in [0.3, 0.4) is 0 Å². The average molecular weight is 368 g/mol. The number of nitrogens with one attached hydrogen (secondary N) is 1. The van der Waals surface area contributed by atoms with Gasteiger partial charge in [0.15, 0.2) is 5.11 Å². The molecule has 1 aromatic rings. The van der Waals surface area contributed by atoms with Crippen molar-refractivity contribution in [1.82, 2.24) is 9.80 Å². The Labute approximate surface area is 138 Å². The zero-order valence-corrected chi connectivity index (χ0v) is 14.1. The molecule has 0 spiro atoms. The fourth-order valence-corrected chi connectivity index (χ4v) is 3.19. The van der Waals surface area contributed by atoms with E-state index < -0.39 is 0 Å². The predicted octanol–water partition coefficient (Wildman–Crippen LogP) is 2.70. The van der Waals surface area contributed by atoms with Crippen LogP contribution < -0.4 is 5.32 Å². The number of anilines is 1. The lowest BCUT2D eigenvalue weighted by molar-refractivity contribution is -0.133. The third-order valence-corrected chi connectivity index (χ3v) is 4.73. The van der Waals surface area contributed by atoms with Gasteiger partial charge in [-0.1, -0.05) is 22.0 Å². The summed E-state index contributed by atoms with van der Waals surface area (Å²) in [5.74, 6) is 0.642. The molecule has 2 fully saturated rings. The molecule has 1 N–H and O–H groups in total. The predicted molar refractivity (Wildman–Crippen MR) is 91.2 cm³/mol. The highest BCUT2D eigenvalue weighted by molar-refractivity contribution is 9.10. The molecular weight excluding hydrogens is 350 g/mol. The Hall–Kier alpha value is -1.14. The summed E-state index contributed by atoms with van der Waals surface area (Å²) in [6.45, 7) is 3.15. The first kappa shape index (κ1) is 14.8. The summed E-state index contributed by atoms with van der Waals surface area (Å²) in [4.78, 5) is 16.1. The second kappa shape index (κ2) is 6.32. The number of carbonyl (C=O) groups excluding carboxylic acids is 1. The van der Waals surface area contributed by atoms with Gasteiger partial charge in [0.1, 0.15) is 0 Å². The Morgan fingerprint density at radius 2 is 1.86 bits per heavy atom. The van der Waals surface area contributed by atoms with Gasteiger partial charge in [0, 0.05) is 42.3 Å². The van der Waals surface area contributed by atoms with Crippen molar-refractivity contribution in [1.29, 1.82) is 0 Å². The second-order valence-corrected chi connectivity index (χ2v) is 6.83. The smallest absolute Gasteiger partial charge is 0.225 e. The van der Waals surface area contributed by atoms with Gasteiger partial charge in [-0.25, -0.2) is 0 Å². The van der Waals surface area contributed by atoms with Gasteiger partial charge in [-0.3, -0.25) is 4.79 Å². The lowest BCUT2D eigenvalue weighted by Gasteiger charge is -2.36. The molecule has 21 heavy (non-hydrogen) atoms. The van der Waals surface area contributed by atoms with Gasteiger partial charge in [-0.2, -0.15) is 0 Å². The minimum absolute atomic E-state index is 0.309. The van der Waals surface area contributed by atoms with E-state index >= 15 is 0 Å². The number of hydrogen-bond donors (Lipinski definition) is 1. The molecular formula is C15H18BrN3OS. The van der Waals surface area contributed by atoms with Crippen LogP contribution in [0.15, 0.2) is 28.7 Å². The number of rotatable bonds is 2. The minimum atomic E-state index is 0.309. The molecule has 0 unspecified atom stereocenters. The van der Waals surface area contributed by atoms with Gasteiger partial charge in [0.25, 0.3) is 0 Å². The van der Waals surface area contributed by atoms with Crippen LogP contribution in [0.25, 0.3) is 0 Å². The summed E-state index contributed by atoms with van der Waals surface area (Å²) < 4.78 is 1.02. The molecule has 1 saturated heterocycles. The van der Waals surface area contributed by atoms with E-state index in [9.17, 15) is 4.79 Å². The molecule has 0 atom stereocenters. The molecule has 112 valence electrons. The number of amides is 1. The molecule has 0 radical (unpaired) electrons. The van der Waals surface area contributed by atoms with E-state index in [0.717, 1.165) is 54.3 Å². The quantitative estimate of drug-likeness (QED) is 0.815. The van der Waals surface area contributed by atoms with E-state index in [4.69, 9.17) is 12.2 Å². The summed E-state index contributed by atoms with van der Waals surface area (Å²) in [5, 5.41) is 3.98. The maximum absolute atomic E-state index is 12.0. The lowest BCUT2D eigenvalue weighted by atomic mass is 10.2. The van der Waals surface area contributed by atoms with Crippen molar-refractivity contribution in [2.45, 2.75) is 12.8 Å². The molecule has 1 aromatic carbocycles. The van der Waals surface area contributed by atoms with E-state index in [1.54, 1.807) is 0 Å². The molecule has 1 heterocycles. The van der Waals surface area contributed by atoms with Gasteiger partial charge in [-0.15, -0.1) is 0 Å². The number of benzene rings is 1. The van der Waals surface area contributed by atoms with Crippen LogP contribution in [0.1, 0.15) is 12.8 Å². The van der Waals surface area contributed by atoms with Crippen LogP contribution in [0.5, 0.6) is 0 Å². The maximum atomic E-state index is 12.0. The van der Waals surface area contributed by atoms with Crippen molar-refractivity contribution in [2.24, 2.45) is 5.92 Å². The van der Waals surface area contributed by atoms with Gasteiger partial charge < -0.3 is 15.1 Å². The highest BCUT2D eigenvalue weighted by Gasteiger charge is 2.34. The summed E-state index contributed by atoms with van der Waals surface area (Å²) >= 11 is 8.91. The highest BCUT2D eigenvalue weighted by atomic mass is 79.9. The first-order chi connectivity index (χ1) is 10.1. The zero-order valence-electron chi connectivity index (χ0n) is 11.7. The van der Waals surface area contributed by atoms with Gasteiger partial charge in [-0.05, 0) is 43.3 Å². The molecule has 0 bridgehead atoms. The van der Waals surface area contributed by atoms with E-state index in [1.807, 2.05) is 29.2 Å². The average Bonchev–Trinajstić information content (AvgIpc) is 3.31. The standard InChI is InChI=1S/C15H18BrN3OS/c16-12-2-1-3-13(10-12)17-15(21)19-8-6-18(7-9-19)14(20)11-4-5-11/h1-3,10-11H,4-9H2,(H,17,21). The molecule has 1 aliphatic heterocycles. The maximum Gasteiger partial charge on any atom is 0.225 e. The van der Waals surface area contributed by atoms with Crippen LogP contribution in [0.4, 0.5) is 5.69 Å². The molecule has 2 aliphatic rings. The topological polar surface area (TPSA) is 35.6 Å². The second-order valence-electron chi connectivity index (χ2n) is 5.53. The molecule has 1 amide bonds. The fourth-order valence-electron chi connectivity index (χ4n) is 2.49. The van der Waals surface area contributed by atoms with Crippen molar-refractivity contribution in [3.05, 3.63) is 28.7 Å².